The molecule has 0 bridgehead atoms. The zero-order valence-electron chi connectivity index (χ0n) is 18.7. The molecule has 188 valence electrons. The molecule has 1 aromatic heterocycles. The number of hydrogen-bond donors (Lipinski definition) is 4. The van der Waals surface area contributed by atoms with Crippen molar-refractivity contribution in [3.63, 3.8) is 0 Å². The minimum atomic E-state index is -4.52. The third-order valence-corrected chi connectivity index (χ3v) is 4.88. The number of nitrogens with zero attached hydrogens (tertiary/aromatic N) is 2. The summed E-state index contributed by atoms with van der Waals surface area (Å²) in [7, 11) is 1.49. The van der Waals surface area contributed by atoms with Crippen LogP contribution in [0.4, 0.5) is 13.2 Å². The maximum Gasteiger partial charge on any atom is 0.434 e. The highest BCUT2D eigenvalue weighted by Crippen LogP contribution is 2.31. The first-order valence-corrected chi connectivity index (χ1v) is 10.5. The largest absolute Gasteiger partial charge is 0.507 e. The van der Waals surface area contributed by atoms with Crippen molar-refractivity contribution in [3.05, 3.63) is 59.9 Å². The van der Waals surface area contributed by atoms with Gasteiger partial charge in [-0.15, -0.1) is 0 Å². The van der Waals surface area contributed by atoms with Gasteiger partial charge in [0.15, 0.2) is 5.69 Å². The smallest absolute Gasteiger partial charge is 0.434 e. The van der Waals surface area contributed by atoms with Gasteiger partial charge in [0, 0.05) is 38.0 Å². The lowest BCUT2D eigenvalue weighted by molar-refractivity contribution is -0.140. The quantitative estimate of drug-likeness (QED) is 0.301. The number of aromatic nitrogens is 2. The van der Waals surface area contributed by atoms with Crippen molar-refractivity contribution in [2.45, 2.75) is 12.3 Å². The SMILES string of the molecule is Cn1cc(C(F)(F)F)nc1-c1ccc(OCC(O)CNCCOc2ccc(C(N)=O)c(O)c2)cc1. The van der Waals surface area contributed by atoms with Crippen LogP contribution in [0.1, 0.15) is 16.1 Å². The van der Waals surface area contributed by atoms with Crippen molar-refractivity contribution >= 4 is 5.91 Å². The van der Waals surface area contributed by atoms with E-state index >= 15 is 0 Å². The number of primary amides is 1. The number of carbonyl (C=O) groups is 1. The molecule has 0 aliphatic rings. The number of halogens is 3. The first kappa shape index (κ1) is 25.8. The topological polar surface area (TPSA) is 132 Å². The average Bonchev–Trinajstić information content (AvgIpc) is 3.20. The van der Waals surface area contributed by atoms with Gasteiger partial charge in [-0.05, 0) is 36.4 Å². The van der Waals surface area contributed by atoms with Crippen LogP contribution in [-0.4, -0.2) is 58.1 Å². The fourth-order valence-electron chi connectivity index (χ4n) is 3.14. The summed E-state index contributed by atoms with van der Waals surface area (Å²) in [6.07, 6.45) is -4.41. The van der Waals surface area contributed by atoms with E-state index in [1.165, 1.54) is 29.8 Å². The molecule has 1 amide bonds. The highest BCUT2D eigenvalue weighted by atomic mass is 19.4. The number of nitrogens with two attached hydrogens (primary N) is 1. The molecular weight excluding hydrogens is 469 g/mol. The maximum absolute atomic E-state index is 12.8. The van der Waals surface area contributed by atoms with Crippen molar-refractivity contribution in [2.75, 3.05) is 26.3 Å². The van der Waals surface area contributed by atoms with Crippen molar-refractivity contribution in [2.24, 2.45) is 12.8 Å². The van der Waals surface area contributed by atoms with Crippen molar-refractivity contribution < 1.29 is 37.7 Å². The Morgan fingerprint density at radius 2 is 1.86 bits per heavy atom. The Kier molecular flexibility index (Phi) is 8.20. The average molecular weight is 494 g/mol. The Bertz CT molecular complexity index is 1150. The van der Waals surface area contributed by atoms with Gasteiger partial charge in [-0.1, -0.05) is 0 Å². The molecule has 0 spiro atoms. The number of amides is 1. The normalized spacial score (nSPS) is 12.4. The number of benzene rings is 2. The van der Waals surface area contributed by atoms with Gasteiger partial charge in [0.1, 0.15) is 42.4 Å². The minimum absolute atomic E-state index is 0.000430. The van der Waals surface area contributed by atoms with E-state index in [9.17, 15) is 28.2 Å². The molecule has 3 rings (SSSR count). The van der Waals surface area contributed by atoms with Crippen LogP contribution in [0.3, 0.4) is 0 Å². The van der Waals surface area contributed by atoms with Crippen LogP contribution < -0.4 is 20.5 Å². The Morgan fingerprint density at radius 3 is 2.46 bits per heavy atom. The fraction of sp³-hybridized carbons (Fsp3) is 0.304. The molecule has 1 heterocycles. The lowest BCUT2D eigenvalue weighted by Gasteiger charge is -2.14. The molecule has 5 N–H and O–H groups in total. The lowest BCUT2D eigenvalue weighted by atomic mass is 10.2. The number of aliphatic hydroxyl groups is 1. The molecule has 9 nitrogen and oxygen atoms in total. The molecule has 1 atom stereocenters. The summed E-state index contributed by atoms with van der Waals surface area (Å²) >= 11 is 0. The van der Waals surface area contributed by atoms with Gasteiger partial charge < -0.3 is 35.3 Å². The van der Waals surface area contributed by atoms with E-state index in [1.807, 2.05) is 0 Å². The van der Waals surface area contributed by atoms with Crippen molar-refractivity contribution in [1.29, 1.82) is 0 Å². The van der Waals surface area contributed by atoms with E-state index in [1.54, 1.807) is 24.3 Å². The van der Waals surface area contributed by atoms with Gasteiger partial charge in [-0.3, -0.25) is 4.79 Å². The standard InChI is InChI=1S/C23H25F3N4O5/c1-30-12-20(23(24,25)26)29-22(30)14-2-4-16(5-3-14)35-13-15(31)11-28-8-9-34-17-6-7-18(21(27)33)19(32)10-17/h2-7,10,12,15,28,31-32H,8-9,11,13H2,1H3,(H2,27,33). The summed E-state index contributed by atoms with van der Waals surface area (Å²) in [5.74, 6) is -0.0261. The Balaban J connectivity index is 1.39. The van der Waals surface area contributed by atoms with Crippen LogP contribution in [0.25, 0.3) is 11.4 Å². The monoisotopic (exact) mass is 494 g/mol. The second-order valence-electron chi connectivity index (χ2n) is 7.64. The molecule has 0 radical (unpaired) electrons. The van der Waals surface area contributed by atoms with Gasteiger partial charge in [0.2, 0.25) is 0 Å². The second-order valence-corrected chi connectivity index (χ2v) is 7.64. The predicted molar refractivity (Wildman–Crippen MR) is 120 cm³/mol. The lowest BCUT2D eigenvalue weighted by Crippen LogP contribution is -2.33. The number of aryl methyl sites for hydroxylation is 1. The fourth-order valence-corrected chi connectivity index (χ4v) is 3.14. The minimum Gasteiger partial charge on any atom is -0.507 e. The highest BCUT2D eigenvalue weighted by Gasteiger charge is 2.34. The van der Waals surface area contributed by atoms with E-state index in [4.69, 9.17) is 15.2 Å². The van der Waals surface area contributed by atoms with E-state index < -0.39 is 23.9 Å². The Morgan fingerprint density at radius 1 is 1.17 bits per heavy atom. The van der Waals surface area contributed by atoms with Crippen LogP contribution >= 0.6 is 0 Å². The summed E-state index contributed by atoms with van der Waals surface area (Å²) in [6.45, 7) is 0.860. The molecule has 12 heteroatoms. The summed E-state index contributed by atoms with van der Waals surface area (Å²) in [4.78, 5) is 14.7. The maximum atomic E-state index is 12.8. The van der Waals surface area contributed by atoms with E-state index in [2.05, 4.69) is 10.3 Å². The number of nitrogens with one attached hydrogen (secondary N) is 1. The number of hydrogen-bond acceptors (Lipinski definition) is 7. The molecule has 0 saturated heterocycles. The number of ether oxygens (including phenoxy) is 2. The first-order chi connectivity index (χ1) is 16.5. The summed E-state index contributed by atoms with van der Waals surface area (Å²) in [6, 6.07) is 10.5. The number of alkyl halides is 3. The number of aliphatic hydroxyl groups excluding tert-OH is 1. The van der Waals surface area contributed by atoms with E-state index in [0.29, 0.717) is 23.6 Å². The van der Waals surface area contributed by atoms with Crippen molar-refractivity contribution in [1.82, 2.24) is 14.9 Å². The first-order valence-electron chi connectivity index (χ1n) is 10.5. The van der Waals surface area contributed by atoms with Crippen LogP contribution in [0.5, 0.6) is 17.2 Å². The number of imidazole rings is 1. The molecule has 0 aliphatic carbocycles. The van der Waals surface area contributed by atoms with Gasteiger partial charge in [0.25, 0.3) is 5.91 Å². The summed E-state index contributed by atoms with van der Waals surface area (Å²) in [5.41, 5.74) is 4.66. The van der Waals surface area contributed by atoms with Crippen LogP contribution in [-0.2, 0) is 13.2 Å². The Hall–Kier alpha value is -3.77. The predicted octanol–water partition coefficient (Wildman–Crippen LogP) is 2.32. The molecule has 2 aromatic carbocycles. The molecule has 35 heavy (non-hydrogen) atoms. The van der Waals surface area contributed by atoms with E-state index in [-0.39, 0.29) is 36.9 Å². The summed E-state index contributed by atoms with van der Waals surface area (Å²) < 4.78 is 50.8. The summed E-state index contributed by atoms with van der Waals surface area (Å²) in [5, 5.41) is 22.8. The van der Waals surface area contributed by atoms with Gasteiger partial charge in [-0.25, -0.2) is 4.98 Å². The number of phenols is 1. The molecule has 1 unspecified atom stereocenters. The highest BCUT2D eigenvalue weighted by molar-refractivity contribution is 5.95. The Labute approximate surface area is 198 Å². The van der Waals surface area contributed by atoms with Gasteiger partial charge in [-0.2, -0.15) is 13.2 Å². The van der Waals surface area contributed by atoms with Gasteiger partial charge in [0.05, 0.1) is 5.56 Å². The number of carbonyl (C=O) groups excluding carboxylic acids is 1. The molecule has 0 saturated carbocycles. The molecule has 0 fully saturated rings. The third-order valence-electron chi connectivity index (χ3n) is 4.88. The van der Waals surface area contributed by atoms with Crippen molar-refractivity contribution in [3.8, 4) is 28.6 Å². The van der Waals surface area contributed by atoms with Crippen LogP contribution in [0.2, 0.25) is 0 Å². The third kappa shape index (κ3) is 7.11. The van der Waals surface area contributed by atoms with Crippen LogP contribution in [0, 0.1) is 0 Å². The molecule has 0 aliphatic heterocycles. The van der Waals surface area contributed by atoms with Crippen LogP contribution in [0.15, 0.2) is 48.7 Å². The number of aromatic hydroxyl groups is 1. The second kappa shape index (κ2) is 11.1. The van der Waals surface area contributed by atoms with E-state index in [0.717, 1.165) is 6.20 Å². The van der Waals surface area contributed by atoms with Gasteiger partial charge >= 0.3 is 6.18 Å². The molecule has 3 aromatic rings. The zero-order chi connectivity index (χ0) is 25.6. The molecular formula is C23H25F3N4O5. The number of rotatable bonds is 11. The zero-order valence-corrected chi connectivity index (χ0v) is 18.7.